The molecule has 152 valence electrons. The number of piperidine rings is 1. The SMILES string of the molecule is CNc1nc(C2(c3ccccc3)CCN(C(=O)Cc3cn(C)nc3C)CC2)cs1. The number of anilines is 1. The normalized spacial score (nSPS) is 16.0. The summed E-state index contributed by atoms with van der Waals surface area (Å²) in [6, 6.07) is 10.6. The summed E-state index contributed by atoms with van der Waals surface area (Å²) in [5, 5.41) is 10.6. The highest BCUT2D eigenvalue weighted by molar-refractivity contribution is 7.13. The molecule has 0 saturated carbocycles. The Morgan fingerprint density at radius 3 is 2.55 bits per heavy atom. The Morgan fingerprint density at radius 2 is 1.97 bits per heavy atom. The van der Waals surface area contributed by atoms with Crippen molar-refractivity contribution >= 4 is 22.4 Å². The molecule has 1 N–H and O–H groups in total. The summed E-state index contributed by atoms with van der Waals surface area (Å²) in [5.41, 5.74) is 4.18. The van der Waals surface area contributed by atoms with E-state index in [9.17, 15) is 4.79 Å². The highest BCUT2D eigenvalue weighted by Crippen LogP contribution is 2.42. The van der Waals surface area contributed by atoms with Gasteiger partial charge in [0.05, 0.1) is 17.8 Å². The van der Waals surface area contributed by atoms with Gasteiger partial charge >= 0.3 is 0 Å². The maximum absolute atomic E-state index is 12.9. The molecule has 7 heteroatoms. The van der Waals surface area contributed by atoms with E-state index in [0.29, 0.717) is 6.42 Å². The summed E-state index contributed by atoms with van der Waals surface area (Å²) >= 11 is 1.64. The lowest BCUT2D eigenvalue weighted by atomic mass is 9.70. The van der Waals surface area contributed by atoms with Crippen molar-refractivity contribution in [3.8, 4) is 0 Å². The molecule has 3 aromatic rings. The van der Waals surface area contributed by atoms with E-state index in [4.69, 9.17) is 4.98 Å². The van der Waals surface area contributed by atoms with E-state index < -0.39 is 0 Å². The second-order valence-electron chi connectivity index (χ2n) is 7.71. The number of carbonyl (C=O) groups is 1. The van der Waals surface area contributed by atoms with E-state index in [1.54, 1.807) is 16.0 Å². The van der Waals surface area contributed by atoms with Gasteiger partial charge in [-0.05, 0) is 25.3 Å². The first kappa shape index (κ1) is 19.6. The fourth-order valence-corrected chi connectivity index (χ4v) is 5.06. The van der Waals surface area contributed by atoms with Gasteiger partial charge < -0.3 is 10.2 Å². The molecule has 0 radical (unpaired) electrons. The zero-order chi connectivity index (χ0) is 20.4. The van der Waals surface area contributed by atoms with Gasteiger partial charge in [-0.1, -0.05) is 30.3 Å². The number of nitrogens with zero attached hydrogens (tertiary/aromatic N) is 4. The van der Waals surface area contributed by atoms with Gasteiger partial charge in [0.15, 0.2) is 5.13 Å². The van der Waals surface area contributed by atoms with Crippen molar-refractivity contribution in [1.29, 1.82) is 0 Å². The monoisotopic (exact) mass is 409 g/mol. The third-order valence-corrected chi connectivity index (χ3v) is 6.82. The zero-order valence-electron chi connectivity index (χ0n) is 17.2. The number of nitrogens with one attached hydrogen (secondary N) is 1. The Balaban J connectivity index is 1.54. The molecule has 1 aromatic carbocycles. The summed E-state index contributed by atoms with van der Waals surface area (Å²) in [6.07, 6.45) is 4.11. The largest absolute Gasteiger partial charge is 0.365 e. The molecule has 1 amide bonds. The van der Waals surface area contributed by atoms with E-state index in [-0.39, 0.29) is 11.3 Å². The average molecular weight is 410 g/mol. The number of carbonyl (C=O) groups excluding carboxylic acids is 1. The molecule has 0 unspecified atom stereocenters. The number of likely N-dealkylation sites (tertiary alicyclic amines) is 1. The average Bonchev–Trinajstić information content (AvgIpc) is 3.35. The molecule has 29 heavy (non-hydrogen) atoms. The highest BCUT2D eigenvalue weighted by atomic mass is 32.1. The third kappa shape index (κ3) is 3.79. The second kappa shape index (κ2) is 7.99. The van der Waals surface area contributed by atoms with Crippen molar-refractivity contribution < 1.29 is 4.79 Å². The Bertz CT molecular complexity index is 986. The van der Waals surface area contributed by atoms with Gasteiger partial charge in [-0.15, -0.1) is 11.3 Å². The molecule has 0 atom stereocenters. The standard InChI is InChI=1S/C22H27N5OS/c1-16-17(14-26(3)25-16)13-20(28)27-11-9-22(10-12-27,18-7-5-4-6-8-18)19-15-29-21(23-2)24-19/h4-8,14-15H,9-13H2,1-3H3,(H,23,24). The number of thiazole rings is 1. The van der Waals surface area contributed by atoms with Crippen LogP contribution in [0.5, 0.6) is 0 Å². The lowest BCUT2D eigenvalue weighted by Gasteiger charge is -2.41. The molecule has 1 aliphatic heterocycles. The van der Waals surface area contributed by atoms with Crippen LogP contribution >= 0.6 is 11.3 Å². The lowest BCUT2D eigenvalue weighted by Crippen LogP contribution is -2.46. The maximum atomic E-state index is 12.9. The van der Waals surface area contributed by atoms with Crippen LogP contribution in [-0.4, -0.2) is 45.7 Å². The van der Waals surface area contributed by atoms with E-state index >= 15 is 0 Å². The molecule has 3 heterocycles. The lowest BCUT2D eigenvalue weighted by molar-refractivity contribution is -0.131. The number of rotatable bonds is 5. The second-order valence-corrected chi connectivity index (χ2v) is 8.57. The van der Waals surface area contributed by atoms with E-state index in [1.165, 1.54) is 5.56 Å². The van der Waals surface area contributed by atoms with Crippen LogP contribution in [0.3, 0.4) is 0 Å². The third-order valence-electron chi connectivity index (χ3n) is 5.96. The zero-order valence-corrected chi connectivity index (χ0v) is 18.0. The van der Waals surface area contributed by atoms with Crippen molar-refractivity contribution in [1.82, 2.24) is 19.7 Å². The van der Waals surface area contributed by atoms with Crippen LogP contribution in [0.1, 0.15) is 35.4 Å². The minimum Gasteiger partial charge on any atom is -0.365 e. The Kier molecular flexibility index (Phi) is 5.41. The first-order valence-electron chi connectivity index (χ1n) is 9.98. The quantitative estimate of drug-likeness (QED) is 0.702. The molecule has 1 fully saturated rings. The number of aromatic nitrogens is 3. The first-order chi connectivity index (χ1) is 14.0. The van der Waals surface area contributed by atoms with Gasteiger partial charge in [0.1, 0.15) is 0 Å². The minimum atomic E-state index is -0.145. The number of hydrogen-bond acceptors (Lipinski definition) is 5. The van der Waals surface area contributed by atoms with Gasteiger partial charge in [-0.2, -0.15) is 5.10 Å². The van der Waals surface area contributed by atoms with E-state index in [0.717, 1.165) is 48.0 Å². The van der Waals surface area contributed by atoms with Gasteiger partial charge in [0, 0.05) is 49.7 Å². The molecule has 0 bridgehead atoms. The van der Waals surface area contributed by atoms with Crippen molar-refractivity contribution in [2.75, 3.05) is 25.5 Å². The van der Waals surface area contributed by atoms with Crippen LogP contribution < -0.4 is 5.32 Å². The topological polar surface area (TPSA) is 63.1 Å². The first-order valence-corrected chi connectivity index (χ1v) is 10.9. The van der Waals surface area contributed by atoms with Crippen molar-refractivity contribution in [3.05, 3.63) is 64.4 Å². The molecule has 6 nitrogen and oxygen atoms in total. The predicted octanol–water partition coefficient (Wildman–Crippen LogP) is 3.38. The molecular formula is C22H27N5OS. The smallest absolute Gasteiger partial charge is 0.227 e. The number of amides is 1. The van der Waals surface area contributed by atoms with E-state index in [1.807, 2.05) is 38.2 Å². The fraction of sp³-hybridized carbons (Fsp3) is 0.409. The van der Waals surface area contributed by atoms with Gasteiger partial charge in [-0.25, -0.2) is 4.98 Å². The molecule has 0 spiro atoms. The van der Waals surface area contributed by atoms with Crippen LogP contribution in [0.15, 0.2) is 41.9 Å². The van der Waals surface area contributed by atoms with Crippen LogP contribution in [0.2, 0.25) is 0 Å². The molecular weight excluding hydrogens is 382 g/mol. The summed E-state index contributed by atoms with van der Waals surface area (Å²) in [6.45, 7) is 3.43. The van der Waals surface area contributed by atoms with Gasteiger partial charge in [0.2, 0.25) is 5.91 Å². The highest BCUT2D eigenvalue weighted by Gasteiger charge is 2.40. The summed E-state index contributed by atoms with van der Waals surface area (Å²) < 4.78 is 1.77. The van der Waals surface area contributed by atoms with Crippen molar-refractivity contribution in [2.24, 2.45) is 7.05 Å². The Hall–Kier alpha value is -2.67. The minimum absolute atomic E-state index is 0.145. The number of benzene rings is 1. The van der Waals surface area contributed by atoms with E-state index in [2.05, 4.69) is 40.1 Å². The predicted molar refractivity (Wildman–Crippen MR) is 116 cm³/mol. The molecule has 0 aliphatic carbocycles. The van der Waals surface area contributed by atoms with Crippen LogP contribution in [0.4, 0.5) is 5.13 Å². The van der Waals surface area contributed by atoms with Crippen LogP contribution in [0, 0.1) is 6.92 Å². The molecule has 2 aromatic heterocycles. The Morgan fingerprint density at radius 1 is 1.24 bits per heavy atom. The van der Waals surface area contributed by atoms with Gasteiger partial charge in [-0.3, -0.25) is 9.48 Å². The molecule has 1 saturated heterocycles. The van der Waals surface area contributed by atoms with Gasteiger partial charge in [0.25, 0.3) is 0 Å². The maximum Gasteiger partial charge on any atom is 0.227 e. The number of aryl methyl sites for hydroxylation is 2. The molecule has 1 aliphatic rings. The van der Waals surface area contributed by atoms with Crippen LogP contribution in [-0.2, 0) is 23.7 Å². The summed E-state index contributed by atoms with van der Waals surface area (Å²) in [7, 11) is 3.79. The molecule has 4 rings (SSSR count). The summed E-state index contributed by atoms with van der Waals surface area (Å²) in [4.78, 5) is 19.8. The van der Waals surface area contributed by atoms with Crippen molar-refractivity contribution in [2.45, 2.75) is 31.6 Å². The summed E-state index contributed by atoms with van der Waals surface area (Å²) in [5.74, 6) is 0.178. The van der Waals surface area contributed by atoms with Crippen molar-refractivity contribution in [3.63, 3.8) is 0 Å². The Labute approximate surface area is 175 Å². The fourth-order valence-electron chi connectivity index (χ4n) is 4.29. The number of hydrogen-bond donors (Lipinski definition) is 1. The van der Waals surface area contributed by atoms with Crippen LogP contribution in [0.25, 0.3) is 0 Å².